The first-order chi connectivity index (χ1) is 9.24. The topological polar surface area (TPSA) is 84.3 Å². The lowest BCUT2D eigenvalue weighted by Gasteiger charge is -2.03. The summed E-state index contributed by atoms with van der Waals surface area (Å²) in [5.74, 6) is 0.166. The van der Waals surface area contributed by atoms with Crippen molar-refractivity contribution in [3.8, 4) is 5.75 Å². The van der Waals surface area contributed by atoms with Crippen LogP contribution in [0, 0.1) is 0 Å². The summed E-state index contributed by atoms with van der Waals surface area (Å²) in [5, 5.41) is 3.36. The molecular formula is C13H13N3O3. The van der Waals surface area contributed by atoms with Crippen LogP contribution in [0.4, 0.5) is 0 Å². The minimum atomic E-state index is -0.637. The highest BCUT2D eigenvalue weighted by molar-refractivity contribution is 5.93. The van der Waals surface area contributed by atoms with E-state index >= 15 is 0 Å². The Hall–Kier alpha value is -2.46. The largest absolute Gasteiger partial charge is 0.493 e. The molecular weight excluding hydrogens is 246 g/mol. The lowest BCUT2D eigenvalue weighted by molar-refractivity contribution is -0.138. The number of esters is 1. The van der Waals surface area contributed by atoms with Crippen molar-refractivity contribution in [3.63, 3.8) is 0 Å². The van der Waals surface area contributed by atoms with E-state index in [-0.39, 0.29) is 12.3 Å². The van der Waals surface area contributed by atoms with Crippen LogP contribution in [-0.2, 0) is 16.0 Å². The van der Waals surface area contributed by atoms with Crippen molar-refractivity contribution in [2.75, 3.05) is 13.2 Å². The molecule has 1 aliphatic rings. The Balaban J connectivity index is 2.30. The highest BCUT2D eigenvalue weighted by Gasteiger charge is 2.13. The third kappa shape index (κ3) is 3.05. The summed E-state index contributed by atoms with van der Waals surface area (Å²) < 4.78 is 10.3. The zero-order valence-electron chi connectivity index (χ0n) is 10.5. The number of rotatable bonds is 4. The molecule has 6 heteroatoms. The number of fused-ring (bicyclic) bond motifs is 1. The van der Waals surface area contributed by atoms with E-state index in [0.717, 1.165) is 23.3 Å². The smallest absolute Gasteiger partial charge is 0.340 e. The molecule has 0 bridgehead atoms. The lowest BCUT2D eigenvalue weighted by atomic mass is 10.1. The van der Waals surface area contributed by atoms with Gasteiger partial charge in [0.25, 0.3) is 0 Å². The zero-order chi connectivity index (χ0) is 13.7. The van der Waals surface area contributed by atoms with Gasteiger partial charge < -0.3 is 9.47 Å². The minimum Gasteiger partial charge on any atom is -0.493 e. The van der Waals surface area contributed by atoms with Gasteiger partial charge in [-0.3, -0.25) is 0 Å². The number of nitrogens with zero attached hydrogens (tertiary/aromatic N) is 3. The summed E-state index contributed by atoms with van der Waals surface area (Å²) >= 11 is 0. The summed E-state index contributed by atoms with van der Waals surface area (Å²) in [4.78, 5) is 14.2. The van der Waals surface area contributed by atoms with Crippen LogP contribution in [0.1, 0.15) is 18.1 Å². The predicted molar refractivity (Wildman–Crippen MR) is 69.4 cm³/mol. The molecule has 1 aromatic rings. The average Bonchev–Trinajstić information content (AvgIpc) is 2.86. The van der Waals surface area contributed by atoms with Crippen LogP contribution in [0.5, 0.6) is 5.75 Å². The van der Waals surface area contributed by atoms with E-state index in [9.17, 15) is 4.79 Å². The van der Waals surface area contributed by atoms with Gasteiger partial charge in [-0.05, 0) is 35.7 Å². The first-order valence-corrected chi connectivity index (χ1v) is 5.94. The van der Waals surface area contributed by atoms with E-state index < -0.39 is 5.97 Å². The van der Waals surface area contributed by atoms with Gasteiger partial charge in [-0.25, -0.2) is 4.79 Å². The fourth-order valence-electron chi connectivity index (χ4n) is 1.81. The van der Waals surface area contributed by atoms with E-state index in [1.165, 1.54) is 6.08 Å². The summed E-state index contributed by atoms with van der Waals surface area (Å²) in [7, 11) is 0. The van der Waals surface area contributed by atoms with E-state index in [1.807, 2.05) is 18.2 Å². The zero-order valence-corrected chi connectivity index (χ0v) is 10.5. The van der Waals surface area contributed by atoms with Crippen molar-refractivity contribution in [1.29, 1.82) is 0 Å². The van der Waals surface area contributed by atoms with Crippen molar-refractivity contribution in [3.05, 3.63) is 45.5 Å². The number of carbonyl (C=O) groups excluding carboxylic acids is 1. The van der Waals surface area contributed by atoms with Crippen molar-refractivity contribution in [2.24, 2.45) is 5.11 Å². The van der Waals surface area contributed by atoms with Crippen LogP contribution in [-0.4, -0.2) is 19.2 Å². The van der Waals surface area contributed by atoms with Crippen LogP contribution in [0.2, 0.25) is 0 Å². The van der Waals surface area contributed by atoms with E-state index in [0.29, 0.717) is 6.61 Å². The normalized spacial score (nSPS) is 13.2. The van der Waals surface area contributed by atoms with E-state index in [2.05, 4.69) is 10.0 Å². The molecule has 0 N–H and O–H groups in total. The Morgan fingerprint density at radius 2 is 2.47 bits per heavy atom. The molecule has 0 spiro atoms. The quantitative estimate of drug-likeness (QED) is 0.274. The van der Waals surface area contributed by atoms with Gasteiger partial charge in [0, 0.05) is 11.3 Å². The molecule has 0 amide bonds. The van der Waals surface area contributed by atoms with E-state index in [1.54, 1.807) is 6.92 Å². The van der Waals surface area contributed by atoms with Crippen molar-refractivity contribution in [2.45, 2.75) is 13.3 Å². The lowest BCUT2D eigenvalue weighted by Crippen LogP contribution is -2.05. The first kappa shape index (κ1) is 13.0. The molecule has 1 heterocycles. The maximum absolute atomic E-state index is 11.6. The number of azide groups is 1. The molecule has 0 aromatic heterocycles. The van der Waals surface area contributed by atoms with Crippen LogP contribution in [0.25, 0.3) is 16.5 Å². The summed E-state index contributed by atoms with van der Waals surface area (Å²) in [5.41, 5.74) is 10.3. The molecule has 0 aliphatic carbocycles. The standard InChI is InChI=1S/C13H13N3O3/c1-2-18-13(17)11(15-16-14)7-9-3-4-10-5-6-19-12(10)8-9/h3-4,7-8H,2,5-6H2,1H3. The third-order valence-corrected chi connectivity index (χ3v) is 2.66. The van der Waals surface area contributed by atoms with E-state index in [4.69, 9.17) is 15.0 Å². The van der Waals surface area contributed by atoms with Crippen LogP contribution in [0.15, 0.2) is 29.0 Å². The van der Waals surface area contributed by atoms with Gasteiger partial charge in [0.2, 0.25) is 0 Å². The number of hydrogen-bond acceptors (Lipinski definition) is 4. The summed E-state index contributed by atoms with van der Waals surface area (Å²) in [6.07, 6.45) is 2.38. The van der Waals surface area contributed by atoms with Gasteiger partial charge in [-0.15, -0.1) is 0 Å². The Morgan fingerprint density at radius 1 is 1.63 bits per heavy atom. The van der Waals surface area contributed by atoms with Gasteiger partial charge in [0.1, 0.15) is 11.4 Å². The fraction of sp³-hybridized carbons (Fsp3) is 0.308. The molecule has 0 radical (unpaired) electrons. The van der Waals surface area contributed by atoms with Crippen LogP contribution < -0.4 is 4.74 Å². The second-order valence-corrected chi connectivity index (χ2v) is 3.91. The maximum atomic E-state index is 11.6. The highest BCUT2D eigenvalue weighted by atomic mass is 16.5. The molecule has 2 rings (SSSR count). The number of hydrogen-bond donors (Lipinski definition) is 0. The SMILES string of the molecule is CCOC(=O)C(=Cc1ccc2c(c1)OCC2)N=[N+]=[N-]. The van der Waals surface area contributed by atoms with Crippen molar-refractivity contribution < 1.29 is 14.3 Å². The van der Waals surface area contributed by atoms with Crippen molar-refractivity contribution in [1.82, 2.24) is 0 Å². The number of carbonyl (C=O) groups is 1. The average molecular weight is 259 g/mol. The molecule has 6 nitrogen and oxygen atoms in total. The Kier molecular flexibility index (Phi) is 4.05. The van der Waals surface area contributed by atoms with Gasteiger partial charge in [-0.1, -0.05) is 17.2 Å². The third-order valence-electron chi connectivity index (χ3n) is 2.66. The Bertz CT molecular complexity index is 574. The number of ether oxygens (including phenoxy) is 2. The monoisotopic (exact) mass is 259 g/mol. The fourth-order valence-corrected chi connectivity index (χ4v) is 1.81. The Morgan fingerprint density at radius 3 is 3.21 bits per heavy atom. The second-order valence-electron chi connectivity index (χ2n) is 3.91. The Labute approximate surface area is 110 Å². The molecule has 0 unspecified atom stereocenters. The molecule has 1 aromatic carbocycles. The predicted octanol–water partition coefficient (Wildman–Crippen LogP) is 2.84. The summed E-state index contributed by atoms with van der Waals surface area (Å²) in [6.45, 7) is 2.59. The molecule has 19 heavy (non-hydrogen) atoms. The molecule has 98 valence electrons. The van der Waals surface area contributed by atoms with Gasteiger partial charge in [0.15, 0.2) is 0 Å². The number of benzene rings is 1. The van der Waals surface area contributed by atoms with Crippen molar-refractivity contribution >= 4 is 12.0 Å². The van der Waals surface area contributed by atoms with Gasteiger partial charge in [0.05, 0.1) is 13.2 Å². The molecule has 1 aliphatic heterocycles. The molecule has 0 atom stereocenters. The molecule has 0 saturated heterocycles. The first-order valence-electron chi connectivity index (χ1n) is 5.94. The second kappa shape index (κ2) is 5.93. The van der Waals surface area contributed by atoms with Crippen LogP contribution >= 0.6 is 0 Å². The van der Waals surface area contributed by atoms with Crippen LogP contribution in [0.3, 0.4) is 0 Å². The maximum Gasteiger partial charge on any atom is 0.340 e. The van der Waals surface area contributed by atoms with Gasteiger partial charge in [-0.2, -0.15) is 0 Å². The van der Waals surface area contributed by atoms with Gasteiger partial charge >= 0.3 is 5.97 Å². The minimum absolute atomic E-state index is 0.0673. The summed E-state index contributed by atoms with van der Waals surface area (Å²) in [6, 6.07) is 5.60. The molecule has 0 saturated carbocycles. The molecule has 0 fully saturated rings. The highest BCUT2D eigenvalue weighted by Crippen LogP contribution is 2.27.